The molecule has 2 rings (SSSR count). The molecule has 1 aliphatic rings. The normalized spacial score (nSPS) is 18.3. The first-order chi connectivity index (χ1) is 10.5. The standard InChI is InChI=1S/C14H19ClN2O4S/c15-11-3-5-13(6-4-11)22(19,20)17-8-7-14(18)16-10-12-2-1-9-21-12/h3-6,12,17H,1-2,7-10H2,(H,16,18). The van der Waals surface area contributed by atoms with Crippen LogP contribution in [-0.2, 0) is 19.6 Å². The van der Waals surface area contributed by atoms with E-state index < -0.39 is 10.0 Å². The molecule has 0 saturated carbocycles. The summed E-state index contributed by atoms with van der Waals surface area (Å²) in [6, 6.07) is 5.85. The van der Waals surface area contributed by atoms with Gasteiger partial charge in [0, 0.05) is 31.1 Å². The molecule has 122 valence electrons. The average molecular weight is 347 g/mol. The number of rotatable bonds is 7. The van der Waals surface area contributed by atoms with Gasteiger partial charge in [-0.15, -0.1) is 0 Å². The van der Waals surface area contributed by atoms with E-state index in [0.29, 0.717) is 11.6 Å². The maximum atomic E-state index is 12.0. The first kappa shape index (κ1) is 17.2. The van der Waals surface area contributed by atoms with Gasteiger partial charge in [-0.1, -0.05) is 11.6 Å². The molecule has 0 bridgehead atoms. The van der Waals surface area contributed by atoms with Gasteiger partial charge in [0.25, 0.3) is 0 Å². The van der Waals surface area contributed by atoms with Gasteiger partial charge in [0.05, 0.1) is 11.0 Å². The highest BCUT2D eigenvalue weighted by Gasteiger charge is 2.17. The quantitative estimate of drug-likeness (QED) is 0.779. The molecule has 0 aromatic heterocycles. The molecular weight excluding hydrogens is 328 g/mol. The second-order valence-electron chi connectivity index (χ2n) is 5.04. The zero-order valence-corrected chi connectivity index (χ0v) is 13.6. The van der Waals surface area contributed by atoms with Crippen LogP contribution in [0.3, 0.4) is 0 Å². The highest BCUT2D eigenvalue weighted by atomic mass is 35.5. The minimum atomic E-state index is -3.62. The summed E-state index contributed by atoms with van der Waals surface area (Å²) in [6.07, 6.45) is 2.12. The van der Waals surface area contributed by atoms with Crippen LogP contribution in [0.25, 0.3) is 0 Å². The van der Waals surface area contributed by atoms with Crippen LogP contribution in [-0.4, -0.2) is 40.1 Å². The van der Waals surface area contributed by atoms with Crippen LogP contribution < -0.4 is 10.0 Å². The van der Waals surface area contributed by atoms with E-state index >= 15 is 0 Å². The number of amides is 1. The Kier molecular flexibility index (Phi) is 6.19. The molecule has 2 N–H and O–H groups in total. The van der Waals surface area contributed by atoms with E-state index in [4.69, 9.17) is 16.3 Å². The summed E-state index contributed by atoms with van der Waals surface area (Å²) < 4.78 is 31.8. The van der Waals surface area contributed by atoms with Crippen molar-refractivity contribution in [3.05, 3.63) is 29.3 Å². The summed E-state index contributed by atoms with van der Waals surface area (Å²) in [7, 11) is -3.62. The zero-order valence-electron chi connectivity index (χ0n) is 12.0. The van der Waals surface area contributed by atoms with Crippen molar-refractivity contribution in [3.63, 3.8) is 0 Å². The molecule has 1 atom stereocenters. The number of hydrogen-bond donors (Lipinski definition) is 2. The Morgan fingerprint density at radius 1 is 1.32 bits per heavy atom. The predicted molar refractivity (Wildman–Crippen MR) is 83.2 cm³/mol. The SMILES string of the molecule is O=C(CCNS(=O)(=O)c1ccc(Cl)cc1)NCC1CCCO1. The van der Waals surface area contributed by atoms with Crippen molar-refractivity contribution < 1.29 is 17.9 Å². The second kappa shape index (κ2) is 7.92. The summed E-state index contributed by atoms with van der Waals surface area (Å²) in [6.45, 7) is 1.26. The number of halogens is 1. The monoisotopic (exact) mass is 346 g/mol. The van der Waals surface area contributed by atoms with Crippen molar-refractivity contribution in [1.82, 2.24) is 10.0 Å². The third-order valence-corrected chi connectivity index (χ3v) is 5.05. The molecule has 1 unspecified atom stereocenters. The Hall–Kier alpha value is -1.15. The predicted octanol–water partition coefficient (Wildman–Crippen LogP) is 1.30. The van der Waals surface area contributed by atoms with Crippen molar-refractivity contribution in [1.29, 1.82) is 0 Å². The molecule has 1 fully saturated rings. The van der Waals surface area contributed by atoms with Gasteiger partial charge in [0.15, 0.2) is 0 Å². The molecule has 0 aliphatic carbocycles. The van der Waals surface area contributed by atoms with E-state index in [1.807, 2.05) is 0 Å². The van der Waals surface area contributed by atoms with E-state index in [1.165, 1.54) is 24.3 Å². The van der Waals surface area contributed by atoms with Crippen molar-refractivity contribution in [3.8, 4) is 0 Å². The van der Waals surface area contributed by atoms with E-state index in [1.54, 1.807) is 0 Å². The van der Waals surface area contributed by atoms with Gasteiger partial charge in [0.2, 0.25) is 15.9 Å². The highest BCUT2D eigenvalue weighted by Crippen LogP contribution is 2.13. The van der Waals surface area contributed by atoms with Crippen molar-refractivity contribution in [2.75, 3.05) is 19.7 Å². The van der Waals surface area contributed by atoms with E-state index in [2.05, 4.69) is 10.0 Å². The molecule has 22 heavy (non-hydrogen) atoms. The lowest BCUT2D eigenvalue weighted by atomic mass is 10.2. The van der Waals surface area contributed by atoms with Crippen LogP contribution in [0.4, 0.5) is 0 Å². The summed E-state index contributed by atoms with van der Waals surface area (Å²) in [5, 5.41) is 3.21. The Labute approximate surface area is 135 Å². The van der Waals surface area contributed by atoms with Gasteiger partial charge in [-0.2, -0.15) is 0 Å². The number of carbonyl (C=O) groups is 1. The summed E-state index contributed by atoms with van der Waals surface area (Å²) in [5.41, 5.74) is 0. The molecule has 1 aromatic carbocycles. The lowest BCUT2D eigenvalue weighted by molar-refractivity contribution is -0.121. The first-order valence-electron chi connectivity index (χ1n) is 7.11. The zero-order chi connectivity index (χ0) is 16.0. The molecule has 8 heteroatoms. The Morgan fingerprint density at radius 2 is 2.05 bits per heavy atom. The Balaban J connectivity index is 1.72. The van der Waals surface area contributed by atoms with E-state index in [0.717, 1.165) is 19.4 Å². The van der Waals surface area contributed by atoms with E-state index in [-0.39, 0.29) is 29.9 Å². The summed E-state index contributed by atoms with van der Waals surface area (Å²) in [5.74, 6) is -0.200. The lowest BCUT2D eigenvalue weighted by Crippen LogP contribution is -2.34. The maximum absolute atomic E-state index is 12.0. The maximum Gasteiger partial charge on any atom is 0.240 e. The van der Waals surface area contributed by atoms with Crippen LogP contribution in [0.5, 0.6) is 0 Å². The fourth-order valence-corrected chi connectivity index (χ4v) is 3.28. The fraction of sp³-hybridized carbons (Fsp3) is 0.500. The van der Waals surface area contributed by atoms with Gasteiger partial charge in [0.1, 0.15) is 0 Å². The van der Waals surface area contributed by atoms with Crippen LogP contribution in [0.1, 0.15) is 19.3 Å². The van der Waals surface area contributed by atoms with Crippen LogP contribution in [0.2, 0.25) is 5.02 Å². The molecule has 1 amide bonds. The van der Waals surface area contributed by atoms with Crippen LogP contribution >= 0.6 is 11.6 Å². The minimum absolute atomic E-state index is 0.0440. The Morgan fingerprint density at radius 3 is 2.68 bits per heavy atom. The number of benzene rings is 1. The van der Waals surface area contributed by atoms with Gasteiger partial charge in [-0.05, 0) is 37.1 Å². The molecular formula is C14H19ClN2O4S. The third kappa shape index (κ3) is 5.24. The lowest BCUT2D eigenvalue weighted by Gasteiger charge is -2.11. The smallest absolute Gasteiger partial charge is 0.240 e. The topological polar surface area (TPSA) is 84.5 Å². The van der Waals surface area contributed by atoms with Crippen molar-refractivity contribution >= 4 is 27.5 Å². The van der Waals surface area contributed by atoms with Crippen LogP contribution in [0.15, 0.2) is 29.2 Å². The number of nitrogens with one attached hydrogen (secondary N) is 2. The van der Waals surface area contributed by atoms with Crippen molar-refractivity contribution in [2.45, 2.75) is 30.3 Å². The summed E-state index contributed by atoms with van der Waals surface area (Å²) >= 11 is 5.72. The number of sulfonamides is 1. The Bertz CT molecular complexity index is 598. The molecule has 1 heterocycles. The fourth-order valence-electron chi connectivity index (χ4n) is 2.12. The largest absolute Gasteiger partial charge is 0.376 e. The molecule has 0 spiro atoms. The molecule has 1 aromatic rings. The number of hydrogen-bond acceptors (Lipinski definition) is 4. The van der Waals surface area contributed by atoms with Gasteiger partial charge >= 0.3 is 0 Å². The summed E-state index contributed by atoms with van der Waals surface area (Å²) in [4.78, 5) is 11.8. The second-order valence-corrected chi connectivity index (χ2v) is 7.24. The average Bonchev–Trinajstić information content (AvgIpc) is 2.99. The number of ether oxygens (including phenoxy) is 1. The van der Waals surface area contributed by atoms with Gasteiger partial charge < -0.3 is 10.1 Å². The van der Waals surface area contributed by atoms with Crippen molar-refractivity contribution in [2.24, 2.45) is 0 Å². The molecule has 0 radical (unpaired) electrons. The molecule has 1 aliphatic heterocycles. The minimum Gasteiger partial charge on any atom is -0.376 e. The van der Waals surface area contributed by atoms with Gasteiger partial charge in [-0.3, -0.25) is 4.79 Å². The molecule has 6 nitrogen and oxygen atoms in total. The molecule has 1 saturated heterocycles. The van der Waals surface area contributed by atoms with Crippen LogP contribution in [0, 0.1) is 0 Å². The third-order valence-electron chi connectivity index (χ3n) is 3.32. The van der Waals surface area contributed by atoms with E-state index in [9.17, 15) is 13.2 Å². The highest BCUT2D eigenvalue weighted by molar-refractivity contribution is 7.89. The number of carbonyl (C=O) groups excluding carboxylic acids is 1. The van der Waals surface area contributed by atoms with Gasteiger partial charge in [-0.25, -0.2) is 13.1 Å². The first-order valence-corrected chi connectivity index (χ1v) is 8.97.